The second kappa shape index (κ2) is 5.34. The molecule has 0 amide bonds. The smallest absolute Gasteiger partial charge is 0.0669 e. The third-order valence-electron chi connectivity index (χ3n) is 2.37. The number of hydrogen-bond acceptors (Lipinski definition) is 5. The third-order valence-corrected chi connectivity index (χ3v) is 3.88. The summed E-state index contributed by atoms with van der Waals surface area (Å²) >= 11 is 3.23. The molecule has 0 aliphatic carbocycles. The predicted octanol–water partition coefficient (Wildman–Crippen LogP) is 2.49. The molecule has 2 heterocycles. The minimum atomic E-state index is 0.380. The van der Waals surface area contributed by atoms with Crippen molar-refractivity contribution in [2.75, 3.05) is 7.05 Å². The molecular formula is C10H13N3S2. The van der Waals surface area contributed by atoms with Crippen LogP contribution in [0.5, 0.6) is 0 Å². The first-order chi connectivity index (χ1) is 7.40. The lowest BCUT2D eigenvalue weighted by Crippen LogP contribution is -2.15. The summed E-state index contributed by atoms with van der Waals surface area (Å²) in [6, 6.07) is 2.56. The van der Waals surface area contributed by atoms with Gasteiger partial charge < -0.3 is 5.32 Å². The van der Waals surface area contributed by atoms with Crippen molar-refractivity contribution in [2.45, 2.75) is 18.9 Å². The molecule has 3 nitrogen and oxygen atoms in total. The van der Waals surface area contributed by atoms with Crippen LogP contribution in [0.2, 0.25) is 0 Å². The Morgan fingerprint density at radius 2 is 2.47 bits per heavy atom. The molecule has 0 radical (unpaired) electrons. The van der Waals surface area contributed by atoms with Crippen LogP contribution in [0.3, 0.4) is 0 Å². The fraction of sp³-hybridized carbons (Fsp3) is 0.400. The fourth-order valence-corrected chi connectivity index (χ4v) is 2.85. The second-order valence-corrected chi connectivity index (χ2v) is 4.93. The van der Waals surface area contributed by atoms with Crippen LogP contribution in [0.4, 0.5) is 0 Å². The van der Waals surface area contributed by atoms with E-state index in [1.165, 1.54) is 22.0 Å². The summed E-state index contributed by atoms with van der Waals surface area (Å²) in [6.07, 6.45) is 4.05. The van der Waals surface area contributed by atoms with Crippen molar-refractivity contribution in [3.8, 4) is 0 Å². The van der Waals surface area contributed by atoms with Gasteiger partial charge in [0.05, 0.1) is 11.1 Å². The van der Waals surface area contributed by atoms with Crippen LogP contribution in [0, 0.1) is 0 Å². The van der Waals surface area contributed by atoms with Crippen LogP contribution in [0.25, 0.3) is 0 Å². The van der Waals surface area contributed by atoms with Crippen LogP contribution in [0.15, 0.2) is 23.0 Å². The number of hydrogen-bond donors (Lipinski definition) is 1. The average molecular weight is 239 g/mol. The van der Waals surface area contributed by atoms with E-state index in [1.54, 1.807) is 11.3 Å². The molecule has 0 saturated heterocycles. The van der Waals surface area contributed by atoms with Gasteiger partial charge in [0, 0.05) is 6.04 Å². The van der Waals surface area contributed by atoms with E-state index in [-0.39, 0.29) is 0 Å². The van der Waals surface area contributed by atoms with Gasteiger partial charge >= 0.3 is 0 Å². The Bertz CT molecular complexity index is 369. The highest BCUT2D eigenvalue weighted by atomic mass is 32.1. The van der Waals surface area contributed by atoms with Crippen molar-refractivity contribution in [1.82, 2.24) is 14.9 Å². The molecule has 80 valence electrons. The van der Waals surface area contributed by atoms with Gasteiger partial charge in [-0.15, -0.1) is 5.10 Å². The van der Waals surface area contributed by atoms with Crippen molar-refractivity contribution in [1.29, 1.82) is 0 Å². The Balaban J connectivity index is 1.92. The zero-order valence-electron chi connectivity index (χ0n) is 8.51. The minimum Gasteiger partial charge on any atom is -0.312 e. The van der Waals surface area contributed by atoms with Gasteiger partial charge in [-0.25, -0.2) is 0 Å². The van der Waals surface area contributed by atoms with Crippen LogP contribution in [-0.4, -0.2) is 16.6 Å². The summed E-state index contributed by atoms with van der Waals surface area (Å²) in [5.41, 5.74) is 1.41. The fourth-order valence-electron chi connectivity index (χ4n) is 1.50. The normalized spacial score (nSPS) is 12.9. The molecule has 1 unspecified atom stereocenters. The minimum absolute atomic E-state index is 0.380. The molecule has 15 heavy (non-hydrogen) atoms. The van der Waals surface area contributed by atoms with Crippen LogP contribution in [0.1, 0.15) is 22.9 Å². The van der Waals surface area contributed by atoms with E-state index in [1.807, 2.05) is 13.2 Å². The first-order valence-corrected chi connectivity index (χ1v) is 6.57. The van der Waals surface area contributed by atoms with E-state index in [2.05, 4.69) is 31.7 Å². The largest absolute Gasteiger partial charge is 0.312 e. The maximum Gasteiger partial charge on any atom is 0.0669 e. The van der Waals surface area contributed by atoms with Crippen LogP contribution < -0.4 is 5.32 Å². The number of thiophene rings is 1. The first kappa shape index (κ1) is 10.7. The molecule has 2 aromatic heterocycles. The van der Waals surface area contributed by atoms with E-state index < -0.39 is 0 Å². The molecule has 2 rings (SSSR count). The first-order valence-electron chi connectivity index (χ1n) is 4.85. The molecule has 1 atom stereocenters. The quantitative estimate of drug-likeness (QED) is 0.871. The summed E-state index contributed by atoms with van der Waals surface area (Å²) in [4.78, 5) is 1.22. The molecule has 2 aromatic rings. The number of aryl methyl sites for hydroxylation is 1. The monoisotopic (exact) mass is 239 g/mol. The lowest BCUT2D eigenvalue weighted by atomic mass is 10.1. The van der Waals surface area contributed by atoms with Crippen LogP contribution >= 0.6 is 22.9 Å². The Labute approximate surface area is 97.3 Å². The van der Waals surface area contributed by atoms with Gasteiger partial charge in [0.25, 0.3) is 0 Å². The maximum atomic E-state index is 3.89. The van der Waals surface area contributed by atoms with E-state index in [9.17, 15) is 0 Å². The second-order valence-electron chi connectivity index (χ2n) is 3.33. The molecule has 0 saturated carbocycles. The Morgan fingerprint density at radius 1 is 1.53 bits per heavy atom. The van der Waals surface area contributed by atoms with Crippen molar-refractivity contribution in [3.63, 3.8) is 0 Å². The number of rotatable bonds is 5. The standard InChI is InChI=1S/C10H13N3S2/c1-11-9(10-6-12-13-15-10)3-2-8-4-5-14-7-8/h4-7,9,11H,2-3H2,1H3. The topological polar surface area (TPSA) is 37.8 Å². The molecule has 0 aliphatic heterocycles. The zero-order chi connectivity index (χ0) is 10.5. The number of aromatic nitrogens is 2. The van der Waals surface area contributed by atoms with Gasteiger partial charge in [-0.05, 0) is 53.8 Å². The van der Waals surface area contributed by atoms with Crippen molar-refractivity contribution >= 4 is 22.9 Å². The van der Waals surface area contributed by atoms with Gasteiger partial charge in [0.2, 0.25) is 0 Å². The average Bonchev–Trinajstić information content (AvgIpc) is 2.90. The molecular weight excluding hydrogens is 226 g/mol. The molecule has 1 N–H and O–H groups in total. The highest BCUT2D eigenvalue weighted by Crippen LogP contribution is 2.21. The molecule has 5 heteroatoms. The lowest BCUT2D eigenvalue weighted by molar-refractivity contribution is 0.557. The van der Waals surface area contributed by atoms with Gasteiger partial charge in [-0.2, -0.15) is 11.3 Å². The molecule has 0 fully saturated rings. The molecule has 0 aromatic carbocycles. The Hall–Kier alpha value is -0.780. The van der Waals surface area contributed by atoms with Crippen molar-refractivity contribution in [3.05, 3.63) is 33.5 Å². The van der Waals surface area contributed by atoms with E-state index in [0.717, 1.165) is 12.8 Å². The van der Waals surface area contributed by atoms with Crippen LogP contribution in [-0.2, 0) is 6.42 Å². The third kappa shape index (κ3) is 2.84. The van der Waals surface area contributed by atoms with Gasteiger partial charge in [0.1, 0.15) is 0 Å². The lowest BCUT2D eigenvalue weighted by Gasteiger charge is -2.12. The summed E-state index contributed by atoms with van der Waals surface area (Å²) < 4.78 is 3.89. The molecule has 0 aliphatic rings. The van der Waals surface area contributed by atoms with Crippen molar-refractivity contribution < 1.29 is 0 Å². The Morgan fingerprint density at radius 3 is 3.07 bits per heavy atom. The Kier molecular flexibility index (Phi) is 3.82. The summed E-state index contributed by atoms with van der Waals surface area (Å²) in [5, 5.41) is 11.5. The molecule has 0 bridgehead atoms. The summed E-state index contributed by atoms with van der Waals surface area (Å²) in [5.74, 6) is 0. The van der Waals surface area contributed by atoms with E-state index in [0.29, 0.717) is 6.04 Å². The van der Waals surface area contributed by atoms with Crippen molar-refractivity contribution in [2.24, 2.45) is 0 Å². The van der Waals surface area contributed by atoms with Gasteiger partial charge in [0.15, 0.2) is 0 Å². The summed E-state index contributed by atoms with van der Waals surface area (Å²) in [6.45, 7) is 0. The van der Waals surface area contributed by atoms with Gasteiger partial charge in [-0.3, -0.25) is 0 Å². The zero-order valence-corrected chi connectivity index (χ0v) is 10.1. The SMILES string of the molecule is CNC(CCc1ccsc1)c1cnns1. The van der Waals surface area contributed by atoms with Gasteiger partial charge in [-0.1, -0.05) is 4.49 Å². The number of nitrogens with zero attached hydrogens (tertiary/aromatic N) is 2. The summed E-state index contributed by atoms with van der Waals surface area (Å²) in [7, 11) is 1.98. The number of nitrogens with one attached hydrogen (secondary N) is 1. The molecule has 0 spiro atoms. The highest BCUT2D eigenvalue weighted by molar-refractivity contribution is 7.08. The highest BCUT2D eigenvalue weighted by Gasteiger charge is 2.11. The van der Waals surface area contributed by atoms with E-state index >= 15 is 0 Å². The predicted molar refractivity (Wildman–Crippen MR) is 64.3 cm³/mol. The van der Waals surface area contributed by atoms with E-state index in [4.69, 9.17) is 0 Å². The maximum absolute atomic E-state index is 3.89.